The van der Waals surface area contributed by atoms with Crippen LogP contribution in [0.15, 0.2) is 63.1 Å². The molecule has 0 radical (unpaired) electrons. The normalized spacial score (nSPS) is 13.6. The summed E-state index contributed by atoms with van der Waals surface area (Å²) in [5.74, 6) is -1.94. The van der Waals surface area contributed by atoms with Crippen molar-refractivity contribution in [1.82, 2.24) is 9.55 Å². The number of aromatic nitrogens is 2. The predicted octanol–water partition coefficient (Wildman–Crippen LogP) is 0.851. The van der Waals surface area contributed by atoms with Gasteiger partial charge in [-0.25, -0.2) is 9.36 Å². The summed E-state index contributed by atoms with van der Waals surface area (Å²) in [6.45, 7) is 0. The number of aromatic carboxylic acids is 1. The number of benzene rings is 2. The number of carbonyl (C=O) groups excluding carboxylic acids is 1. The summed E-state index contributed by atoms with van der Waals surface area (Å²) in [5.41, 5.74) is 0.497. The Hall–Kier alpha value is -4.20. The smallest absolute Gasteiger partial charge is 0.335 e. The molecule has 0 aliphatic carbocycles. The Morgan fingerprint density at radius 1 is 1.11 bits per heavy atom. The molecule has 0 bridgehead atoms. The Morgan fingerprint density at radius 3 is 2.54 bits per heavy atom. The summed E-state index contributed by atoms with van der Waals surface area (Å²) in [6, 6.07) is 12.4. The van der Waals surface area contributed by atoms with E-state index < -0.39 is 23.1 Å². The summed E-state index contributed by atoms with van der Waals surface area (Å²) >= 11 is 0. The monoisotopic (exact) mass is 374 g/mol. The molecule has 8 heteroatoms. The SMILES string of the molecule is O=C([O-])c1ccc(-n2c(O)c(/C=C3\C=Nc4ccccc43)c(=O)[nH]c2=O)cc1. The van der Waals surface area contributed by atoms with Crippen LogP contribution >= 0.6 is 0 Å². The molecule has 2 aromatic carbocycles. The van der Waals surface area contributed by atoms with Gasteiger partial charge < -0.3 is 15.0 Å². The van der Waals surface area contributed by atoms with Crippen LogP contribution in [0.4, 0.5) is 5.69 Å². The van der Waals surface area contributed by atoms with E-state index in [2.05, 4.69) is 9.98 Å². The number of aliphatic imine (C=N–C) groups is 1. The topological polar surface area (TPSA) is 128 Å². The lowest BCUT2D eigenvalue weighted by Gasteiger charge is -2.11. The van der Waals surface area contributed by atoms with Gasteiger partial charge in [0.15, 0.2) is 0 Å². The lowest BCUT2D eigenvalue weighted by atomic mass is 10.1. The van der Waals surface area contributed by atoms with Crippen molar-refractivity contribution in [3.05, 3.63) is 86.1 Å². The molecule has 0 spiro atoms. The highest BCUT2D eigenvalue weighted by Crippen LogP contribution is 2.32. The van der Waals surface area contributed by atoms with Gasteiger partial charge >= 0.3 is 5.69 Å². The van der Waals surface area contributed by atoms with Gasteiger partial charge in [-0.15, -0.1) is 0 Å². The molecule has 1 aromatic heterocycles. The van der Waals surface area contributed by atoms with E-state index in [-0.39, 0.29) is 16.8 Å². The van der Waals surface area contributed by atoms with E-state index in [9.17, 15) is 24.6 Å². The third-order valence-electron chi connectivity index (χ3n) is 4.34. The lowest BCUT2D eigenvalue weighted by Crippen LogP contribution is -2.30. The van der Waals surface area contributed by atoms with Crippen molar-refractivity contribution >= 4 is 29.5 Å². The number of nitrogens with one attached hydrogen (secondary N) is 1. The minimum absolute atomic E-state index is 0.0816. The molecular formula is C20H12N3O5-. The number of aromatic amines is 1. The van der Waals surface area contributed by atoms with Gasteiger partial charge in [0.2, 0.25) is 5.88 Å². The largest absolute Gasteiger partial charge is 0.545 e. The van der Waals surface area contributed by atoms with Crippen LogP contribution in [-0.2, 0) is 0 Å². The highest BCUT2D eigenvalue weighted by Gasteiger charge is 2.17. The van der Waals surface area contributed by atoms with Crippen molar-refractivity contribution in [3.8, 4) is 11.6 Å². The zero-order valence-corrected chi connectivity index (χ0v) is 14.2. The number of carbonyl (C=O) groups is 1. The number of hydrogen-bond donors (Lipinski definition) is 2. The van der Waals surface area contributed by atoms with Crippen LogP contribution in [0.1, 0.15) is 21.5 Å². The highest BCUT2D eigenvalue weighted by atomic mass is 16.4. The van der Waals surface area contributed by atoms with Gasteiger partial charge in [0, 0.05) is 17.4 Å². The van der Waals surface area contributed by atoms with E-state index in [0.29, 0.717) is 5.57 Å². The van der Waals surface area contributed by atoms with Crippen molar-refractivity contribution in [1.29, 1.82) is 0 Å². The minimum Gasteiger partial charge on any atom is -0.545 e. The van der Waals surface area contributed by atoms with Crippen LogP contribution in [0.3, 0.4) is 0 Å². The lowest BCUT2D eigenvalue weighted by molar-refractivity contribution is -0.255. The number of rotatable bonds is 3. The van der Waals surface area contributed by atoms with Gasteiger partial charge in [0.1, 0.15) is 5.56 Å². The summed E-state index contributed by atoms with van der Waals surface area (Å²) in [5, 5.41) is 21.5. The maximum atomic E-state index is 12.3. The van der Waals surface area contributed by atoms with Crippen molar-refractivity contribution in [2.24, 2.45) is 4.99 Å². The van der Waals surface area contributed by atoms with E-state index in [0.717, 1.165) is 15.8 Å². The maximum Gasteiger partial charge on any atom is 0.335 e. The fraction of sp³-hybridized carbons (Fsp3) is 0. The van der Waals surface area contributed by atoms with E-state index in [1.807, 2.05) is 24.3 Å². The molecule has 0 saturated carbocycles. The molecule has 0 saturated heterocycles. The molecule has 8 nitrogen and oxygen atoms in total. The van der Waals surface area contributed by atoms with Gasteiger partial charge in [-0.05, 0) is 29.8 Å². The second-order valence-electron chi connectivity index (χ2n) is 6.04. The highest BCUT2D eigenvalue weighted by molar-refractivity contribution is 6.21. The second kappa shape index (κ2) is 6.51. The number of aromatic hydroxyl groups is 1. The Kier molecular flexibility index (Phi) is 4.00. The molecule has 0 atom stereocenters. The van der Waals surface area contributed by atoms with Crippen LogP contribution < -0.4 is 16.4 Å². The van der Waals surface area contributed by atoms with Gasteiger partial charge in [-0.1, -0.05) is 30.3 Å². The van der Waals surface area contributed by atoms with Crippen LogP contribution in [-0.4, -0.2) is 26.8 Å². The van der Waals surface area contributed by atoms with E-state index >= 15 is 0 Å². The number of nitrogens with zero attached hydrogens (tertiary/aromatic N) is 2. The van der Waals surface area contributed by atoms with Crippen LogP contribution in [0.2, 0.25) is 0 Å². The standard InChI is InChI=1S/C20H13N3O5/c24-17-15(9-12-10-21-16-4-2-1-3-14(12)16)18(25)23(20(28)22-17)13-7-5-11(6-8-13)19(26)27/h1-10,25H,(H,26,27)(H,22,24,28)/p-1/b12-9+. The van der Waals surface area contributed by atoms with Gasteiger partial charge in [-0.3, -0.25) is 14.8 Å². The number of carboxylic acids is 1. The summed E-state index contributed by atoms with van der Waals surface area (Å²) in [4.78, 5) is 41.8. The average molecular weight is 374 g/mol. The Morgan fingerprint density at radius 2 is 1.82 bits per heavy atom. The molecule has 1 aliphatic heterocycles. The second-order valence-corrected chi connectivity index (χ2v) is 6.04. The predicted molar refractivity (Wildman–Crippen MR) is 101 cm³/mol. The summed E-state index contributed by atoms with van der Waals surface area (Å²) in [7, 11) is 0. The molecule has 28 heavy (non-hydrogen) atoms. The van der Waals surface area contributed by atoms with Crippen LogP contribution in [0.5, 0.6) is 5.88 Å². The van der Waals surface area contributed by atoms with E-state index in [1.165, 1.54) is 30.3 Å². The fourth-order valence-corrected chi connectivity index (χ4v) is 2.96. The van der Waals surface area contributed by atoms with Gasteiger partial charge in [0.05, 0.1) is 17.3 Å². The zero-order valence-electron chi connectivity index (χ0n) is 14.2. The number of allylic oxidation sites excluding steroid dienone is 1. The molecule has 138 valence electrons. The first-order chi connectivity index (χ1) is 13.5. The quantitative estimate of drug-likeness (QED) is 0.702. The average Bonchev–Trinajstić information content (AvgIpc) is 3.08. The Labute approximate surface area is 157 Å². The van der Waals surface area contributed by atoms with Crippen molar-refractivity contribution in [2.45, 2.75) is 0 Å². The maximum absolute atomic E-state index is 12.3. The molecule has 1 aliphatic rings. The molecule has 2 heterocycles. The number of para-hydroxylation sites is 1. The Bertz CT molecular complexity index is 1280. The molecule has 0 amide bonds. The Balaban J connectivity index is 1.87. The first kappa shape index (κ1) is 17.2. The number of fused-ring (bicyclic) bond motifs is 1. The fourth-order valence-electron chi connectivity index (χ4n) is 2.96. The molecule has 4 rings (SSSR count). The van der Waals surface area contributed by atoms with Crippen molar-refractivity contribution in [2.75, 3.05) is 0 Å². The molecule has 0 unspecified atom stereocenters. The summed E-state index contributed by atoms with van der Waals surface area (Å²) in [6.07, 6.45) is 3.00. The number of hydrogen-bond acceptors (Lipinski definition) is 6. The molecule has 0 fully saturated rings. The van der Waals surface area contributed by atoms with E-state index in [1.54, 1.807) is 6.21 Å². The molecular weight excluding hydrogens is 362 g/mol. The number of carboxylic acid groups (broad SMARTS) is 1. The third kappa shape index (κ3) is 2.82. The number of H-pyrrole nitrogens is 1. The van der Waals surface area contributed by atoms with Crippen molar-refractivity contribution < 1.29 is 15.0 Å². The first-order valence-corrected chi connectivity index (χ1v) is 8.21. The molecule has 2 N–H and O–H groups in total. The molecule has 3 aromatic rings. The van der Waals surface area contributed by atoms with Crippen LogP contribution in [0, 0.1) is 0 Å². The van der Waals surface area contributed by atoms with Gasteiger partial charge in [0.25, 0.3) is 5.56 Å². The third-order valence-corrected chi connectivity index (χ3v) is 4.34. The summed E-state index contributed by atoms with van der Waals surface area (Å²) < 4.78 is 0.880. The zero-order chi connectivity index (χ0) is 19.8. The minimum atomic E-state index is -1.37. The first-order valence-electron chi connectivity index (χ1n) is 8.21. The van der Waals surface area contributed by atoms with E-state index in [4.69, 9.17) is 0 Å². The van der Waals surface area contributed by atoms with Crippen LogP contribution in [0.25, 0.3) is 17.3 Å². The van der Waals surface area contributed by atoms with Crippen molar-refractivity contribution in [3.63, 3.8) is 0 Å². The van der Waals surface area contributed by atoms with Gasteiger partial charge in [-0.2, -0.15) is 0 Å².